The summed E-state index contributed by atoms with van der Waals surface area (Å²) >= 11 is 0.827. The van der Waals surface area contributed by atoms with Crippen molar-refractivity contribution in [2.75, 3.05) is 38.1 Å². The highest BCUT2D eigenvalue weighted by atomic mass is 32.2. The number of likely N-dealkylation sites (N-methyl/N-ethyl adjacent to an activating group) is 1. The minimum absolute atomic E-state index is 0.279. The van der Waals surface area contributed by atoms with Crippen LogP contribution in [0.5, 0.6) is 0 Å². The summed E-state index contributed by atoms with van der Waals surface area (Å²) in [4.78, 5) is 36.7. The molecular weight excluding hydrogens is 393 g/mol. The first kappa shape index (κ1) is 19.5. The lowest BCUT2D eigenvalue weighted by Gasteiger charge is -2.21. The molecule has 0 aliphatic carbocycles. The van der Waals surface area contributed by atoms with Gasteiger partial charge in [-0.05, 0) is 55.5 Å². The van der Waals surface area contributed by atoms with Crippen LogP contribution in [0.15, 0.2) is 35.5 Å². The Hall–Kier alpha value is -2.78. The summed E-state index contributed by atoms with van der Waals surface area (Å²) in [5.74, 6) is -0.148. The van der Waals surface area contributed by atoms with Crippen LogP contribution in [0.1, 0.15) is 12.0 Å². The minimum Gasteiger partial charge on any atom is -0.354 e. The number of nitrogens with zero attached hydrogens (tertiary/aromatic N) is 4. The van der Waals surface area contributed by atoms with Gasteiger partial charge in [0.15, 0.2) is 0 Å². The third-order valence-corrected chi connectivity index (χ3v) is 5.68. The van der Waals surface area contributed by atoms with Crippen molar-refractivity contribution in [2.24, 2.45) is 0 Å². The Balaban J connectivity index is 1.64. The summed E-state index contributed by atoms with van der Waals surface area (Å²) in [6.07, 6.45) is 5.82. The molecule has 0 atom stereocenters. The van der Waals surface area contributed by atoms with Crippen LogP contribution >= 0.6 is 11.8 Å². The number of thioether (sulfide) groups is 1. The summed E-state index contributed by atoms with van der Waals surface area (Å²) in [5, 5.41) is 1.80. The van der Waals surface area contributed by atoms with E-state index in [9.17, 15) is 14.0 Å². The average Bonchev–Trinajstić information content (AvgIpc) is 2.89. The number of carbonyl (C=O) groups is 2. The molecule has 0 unspecified atom stereocenters. The Morgan fingerprint density at radius 3 is 2.83 bits per heavy atom. The van der Waals surface area contributed by atoms with E-state index in [1.807, 2.05) is 0 Å². The van der Waals surface area contributed by atoms with Crippen molar-refractivity contribution >= 4 is 34.8 Å². The third kappa shape index (κ3) is 4.46. The number of amides is 2. The van der Waals surface area contributed by atoms with E-state index in [4.69, 9.17) is 0 Å². The van der Waals surface area contributed by atoms with Gasteiger partial charge in [0.05, 0.1) is 23.0 Å². The molecule has 0 saturated carbocycles. The van der Waals surface area contributed by atoms with E-state index in [1.54, 1.807) is 24.4 Å². The number of benzene rings is 1. The normalized spacial score (nSPS) is 19.5. The number of halogens is 1. The fraction of sp³-hybridized carbons (Fsp3) is 0.300. The zero-order valence-electron chi connectivity index (χ0n) is 15.9. The first-order valence-electron chi connectivity index (χ1n) is 9.30. The maximum atomic E-state index is 14.6. The first-order valence-corrected chi connectivity index (χ1v) is 10.1. The maximum absolute atomic E-state index is 14.6. The summed E-state index contributed by atoms with van der Waals surface area (Å²) in [6.45, 7) is 3.67. The lowest BCUT2D eigenvalue weighted by molar-refractivity contribution is -0.115. The molecule has 0 spiro atoms. The van der Waals surface area contributed by atoms with Gasteiger partial charge >= 0.3 is 0 Å². The molecule has 2 aliphatic heterocycles. The van der Waals surface area contributed by atoms with Crippen LogP contribution in [-0.4, -0.2) is 59.2 Å². The quantitative estimate of drug-likeness (QED) is 0.775. The second-order valence-electron chi connectivity index (χ2n) is 7.00. The van der Waals surface area contributed by atoms with Crippen LogP contribution in [0.3, 0.4) is 0 Å². The number of nitrogens with one attached hydrogen (secondary N) is 1. The van der Waals surface area contributed by atoms with Gasteiger partial charge in [0.25, 0.3) is 11.1 Å². The van der Waals surface area contributed by atoms with Gasteiger partial charge in [0, 0.05) is 25.2 Å². The predicted octanol–water partition coefficient (Wildman–Crippen LogP) is 2.75. The molecule has 2 aliphatic rings. The van der Waals surface area contributed by atoms with Gasteiger partial charge < -0.3 is 9.80 Å². The lowest BCUT2D eigenvalue weighted by Crippen LogP contribution is -2.29. The number of carbonyl (C=O) groups excluding carboxylic acids is 2. The predicted molar refractivity (Wildman–Crippen MR) is 111 cm³/mol. The van der Waals surface area contributed by atoms with Crippen LogP contribution < -0.4 is 10.2 Å². The highest BCUT2D eigenvalue weighted by molar-refractivity contribution is 8.18. The summed E-state index contributed by atoms with van der Waals surface area (Å²) in [5.41, 5.74) is 1.34. The molecule has 29 heavy (non-hydrogen) atoms. The number of rotatable bonds is 3. The minimum atomic E-state index is -0.446. The van der Waals surface area contributed by atoms with Crippen LogP contribution in [0.4, 0.5) is 15.0 Å². The molecule has 150 valence electrons. The second-order valence-corrected chi connectivity index (χ2v) is 8.01. The number of aromatic nitrogens is 2. The van der Waals surface area contributed by atoms with Crippen molar-refractivity contribution < 1.29 is 14.0 Å². The van der Waals surface area contributed by atoms with Crippen LogP contribution in [0.25, 0.3) is 17.3 Å². The van der Waals surface area contributed by atoms with E-state index >= 15 is 0 Å². The smallest absolute Gasteiger partial charge is 0.290 e. The van der Waals surface area contributed by atoms with E-state index < -0.39 is 17.0 Å². The number of hydrogen-bond donors (Lipinski definition) is 1. The number of anilines is 1. The molecule has 4 rings (SSSR count). The molecule has 2 fully saturated rings. The summed E-state index contributed by atoms with van der Waals surface area (Å²) in [6, 6.07) is 4.50. The van der Waals surface area contributed by atoms with Gasteiger partial charge in [-0.15, -0.1) is 0 Å². The van der Waals surface area contributed by atoms with Crippen molar-refractivity contribution in [1.82, 2.24) is 20.2 Å². The molecule has 0 radical (unpaired) electrons. The Morgan fingerprint density at radius 2 is 2.03 bits per heavy atom. The first-order chi connectivity index (χ1) is 14.0. The molecule has 7 nitrogen and oxygen atoms in total. The lowest BCUT2D eigenvalue weighted by atomic mass is 10.1. The highest BCUT2D eigenvalue weighted by Crippen LogP contribution is 2.29. The zero-order valence-corrected chi connectivity index (χ0v) is 16.7. The van der Waals surface area contributed by atoms with Gasteiger partial charge in [0.1, 0.15) is 11.6 Å². The Kier molecular flexibility index (Phi) is 5.59. The standard InChI is InChI=1S/C20H20FN5O2S/c1-25-5-2-6-26(8-7-25)18-12-22-11-16(23-18)14-9-13(3-4-15(14)21)10-17-19(27)24-20(28)29-17/h3-4,9-12H,2,5-8H2,1H3,(H,24,27,28)/b17-10-. The number of imide groups is 1. The molecule has 1 aromatic heterocycles. The van der Waals surface area contributed by atoms with Crippen molar-refractivity contribution in [3.8, 4) is 11.3 Å². The molecule has 3 heterocycles. The molecule has 2 amide bonds. The third-order valence-electron chi connectivity index (χ3n) is 4.87. The van der Waals surface area contributed by atoms with Crippen LogP contribution in [0, 0.1) is 5.82 Å². The van der Waals surface area contributed by atoms with Crippen molar-refractivity contribution in [3.63, 3.8) is 0 Å². The van der Waals surface area contributed by atoms with E-state index in [-0.39, 0.29) is 4.91 Å². The van der Waals surface area contributed by atoms with Crippen molar-refractivity contribution in [3.05, 3.63) is 46.9 Å². The van der Waals surface area contributed by atoms with Crippen LogP contribution in [0.2, 0.25) is 0 Å². The molecule has 2 aromatic rings. The molecule has 1 aromatic carbocycles. The monoisotopic (exact) mass is 413 g/mol. The molecule has 0 bridgehead atoms. The largest absolute Gasteiger partial charge is 0.354 e. The summed E-state index contributed by atoms with van der Waals surface area (Å²) in [7, 11) is 2.09. The molecular formula is C20H20FN5O2S. The summed E-state index contributed by atoms with van der Waals surface area (Å²) < 4.78 is 14.6. The van der Waals surface area contributed by atoms with Crippen molar-refractivity contribution in [2.45, 2.75) is 6.42 Å². The van der Waals surface area contributed by atoms with Gasteiger partial charge in [0.2, 0.25) is 0 Å². The Bertz CT molecular complexity index is 997. The SMILES string of the molecule is CN1CCCN(c2cncc(-c3cc(/C=C4\SC(=O)NC4=O)ccc3F)n2)CC1. The van der Waals surface area contributed by atoms with E-state index in [2.05, 4.69) is 32.1 Å². The van der Waals surface area contributed by atoms with Crippen LogP contribution in [-0.2, 0) is 4.79 Å². The molecule has 9 heteroatoms. The molecule has 2 saturated heterocycles. The van der Waals surface area contributed by atoms with E-state index in [0.717, 1.165) is 50.2 Å². The average molecular weight is 413 g/mol. The van der Waals surface area contributed by atoms with Gasteiger partial charge in [-0.2, -0.15) is 0 Å². The van der Waals surface area contributed by atoms with E-state index in [1.165, 1.54) is 12.3 Å². The highest BCUT2D eigenvalue weighted by Gasteiger charge is 2.25. The second kappa shape index (κ2) is 8.30. The fourth-order valence-electron chi connectivity index (χ4n) is 3.31. The van der Waals surface area contributed by atoms with E-state index in [0.29, 0.717) is 16.8 Å². The molecule has 1 N–H and O–H groups in total. The maximum Gasteiger partial charge on any atom is 0.290 e. The number of hydrogen-bond acceptors (Lipinski definition) is 7. The Labute approximate surface area is 172 Å². The van der Waals surface area contributed by atoms with Crippen molar-refractivity contribution in [1.29, 1.82) is 0 Å². The van der Waals surface area contributed by atoms with Gasteiger partial charge in [-0.25, -0.2) is 9.37 Å². The van der Waals surface area contributed by atoms with Gasteiger partial charge in [-0.1, -0.05) is 6.07 Å². The topological polar surface area (TPSA) is 78.4 Å². The fourth-order valence-corrected chi connectivity index (χ4v) is 4.00. The Morgan fingerprint density at radius 1 is 1.17 bits per heavy atom. The van der Waals surface area contributed by atoms with Gasteiger partial charge in [-0.3, -0.25) is 19.9 Å². The zero-order chi connectivity index (χ0) is 20.4.